The van der Waals surface area contributed by atoms with Crippen molar-refractivity contribution in [2.24, 2.45) is 7.05 Å². The molecule has 10 heteroatoms. The van der Waals surface area contributed by atoms with Crippen LogP contribution >= 0.6 is 0 Å². The molecular weight excluding hydrogens is 415 g/mol. The normalized spacial score (nSPS) is 21.0. The number of aliphatic hydroxyl groups is 1. The van der Waals surface area contributed by atoms with Gasteiger partial charge in [0.15, 0.2) is 5.65 Å². The van der Waals surface area contributed by atoms with Gasteiger partial charge >= 0.3 is 5.69 Å². The molecule has 1 aliphatic rings. The minimum Gasteiger partial charge on any atom is -0.390 e. The average Bonchev–Trinajstić information content (AvgIpc) is 2.99. The zero-order chi connectivity index (χ0) is 23.2. The minimum atomic E-state index is -0.834. The second kappa shape index (κ2) is 8.01. The van der Waals surface area contributed by atoms with Gasteiger partial charge in [-0.05, 0) is 57.2 Å². The summed E-state index contributed by atoms with van der Waals surface area (Å²) in [5.74, 6) is -0.972. The largest absolute Gasteiger partial charge is 0.390 e. The van der Waals surface area contributed by atoms with Crippen molar-refractivity contribution in [1.29, 1.82) is 0 Å². The smallest absolute Gasteiger partial charge is 0.330 e. The number of amides is 1. The van der Waals surface area contributed by atoms with E-state index >= 15 is 0 Å². The van der Waals surface area contributed by atoms with Crippen molar-refractivity contribution in [3.05, 3.63) is 45.8 Å². The first-order valence-electron chi connectivity index (χ1n) is 10.6. The number of aryl methyl sites for hydroxylation is 2. The number of carbonyl (C=O) groups is 1. The second-order valence-corrected chi connectivity index (χ2v) is 8.71. The predicted molar refractivity (Wildman–Crippen MR) is 119 cm³/mol. The highest BCUT2D eigenvalue weighted by Crippen LogP contribution is 2.36. The third-order valence-electron chi connectivity index (χ3n) is 6.16. The molecule has 3 aromatic rings. The summed E-state index contributed by atoms with van der Waals surface area (Å²) >= 11 is 0. The molecule has 2 heterocycles. The number of halogens is 1. The van der Waals surface area contributed by atoms with Gasteiger partial charge < -0.3 is 15.7 Å². The Morgan fingerprint density at radius 3 is 2.81 bits per heavy atom. The SMILES string of the molecule is CNC(=O)c1cc(C)c(Nc2ncc3c(n2)n(C2CCCC(C)(O)C2)c(=O)n3C)cc1F. The Balaban J connectivity index is 1.74. The molecule has 2 aromatic heterocycles. The standard InChI is InChI=1S/C22H27FN6O3/c1-12-8-14(19(30)24-3)15(23)9-16(12)26-20-25-11-17-18(27-20)29(21(31)28(17)4)13-6-5-7-22(2,32)10-13/h8-9,11,13,32H,5-7,10H2,1-4H3,(H,24,30)(H,25,26,27). The maximum atomic E-state index is 14.4. The summed E-state index contributed by atoms with van der Waals surface area (Å²) in [6.07, 6.45) is 4.29. The van der Waals surface area contributed by atoms with Crippen LogP contribution in [0.25, 0.3) is 11.2 Å². The van der Waals surface area contributed by atoms with Gasteiger partial charge in [0.1, 0.15) is 11.3 Å². The molecular formula is C22H27FN6O3. The maximum Gasteiger partial charge on any atom is 0.330 e. The van der Waals surface area contributed by atoms with Crippen molar-refractivity contribution in [2.45, 2.75) is 51.2 Å². The Morgan fingerprint density at radius 2 is 2.12 bits per heavy atom. The first-order chi connectivity index (χ1) is 15.1. The van der Waals surface area contributed by atoms with E-state index in [9.17, 15) is 19.1 Å². The summed E-state index contributed by atoms with van der Waals surface area (Å²) < 4.78 is 17.6. The van der Waals surface area contributed by atoms with Gasteiger partial charge in [-0.25, -0.2) is 14.2 Å². The van der Waals surface area contributed by atoms with Gasteiger partial charge in [0.2, 0.25) is 5.95 Å². The van der Waals surface area contributed by atoms with Crippen LogP contribution in [-0.4, -0.2) is 42.8 Å². The average molecular weight is 442 g/mol. The summed E-state index contributed by atoms with van der Waals surface area (Å²) in [6.45, 7) is 3.53. The molecule has 0 saturated heterocycles. The molecule has 170 valence electrons. The van der Waals surface area contributed by atoms with Gasteiger partial charge in [-0.1, -0.05) is 0 Å². The molecule has 2 atom stereocenters. The summed E-state index contributed by atoms with van der Waals surface area (Å²) in [6, 6.07) is 2.50. The van der Waals surface area contributed by atoms with Crippen LogP contribution in [0.3, 0.4) is 0 Å². The molecule has 0 spiro atoms. The molecule has 3 N–H and O–H groups in total. The number of benzene rings is 1. The van der Waals surface area contributed by atoms with E-state index in [-0.39, 0.29) is 23.2 Å². The molecule has 1 fully saturated rings. The number of anilines is 2. The van der Waals surface area contributed by atoms with Gasteiger partial charge in [-0.15, -0.1) is 0 Å². The first-order valence-corrected chi connectivity index (χ1v) is 10.6. The van der Waals surface area contributed by atoms with Crippen molar-refractivity contribution in [1.82, 2.24) is 24.4 Å². The van der Waals surface area contributed by atoms with Gasteiger partial charge in [0.05, 0.1) is 17.4 Å². The molecule has 1 aromatic carbocycles. The Kier molecular flexibility index (Phi) is 5.49. The molecule has 2 unspecified atom stereocenters. The van der Waals surface area contributed by atoms with E-state index in [2.05, 4.69) is 20.6 Å². The highest BCUT2D eigenvalue weighted by Gasteiger charge is 2.33. The van der Waals surface area contributed by atoms with Crippen LogP contribution in [0.2, 0.25) is 0 Å². The van der Waals surface area contributed by atoms with Crippen LogP contribution in [0.4, 0.5) is 16.0 Å². The first kappa shape index (κ1) is 21.9. The fraction of sp³-hybridized carbons (Fsp3) is 0.455. The number of imidazole rings is 1. The van der Waals surface area contributed by atoms with Gasteiger partial charge in [-0.3, -0.25) is 13.9 Å². The number of nitrogens with one attached hydrogen (secondary N) is 2. The Labute approximate surface area is 184 Å². The van der Waals surface area contributed by atoms with E-state index in [1.807, 2.05) is 0 Å². The van der Waals surface area contributed by atoms with E-state index < -0.39 is 17.3 Å². The number of hydrogen-bond acceptors (Lipinski definition) is 6. The third-order valence-corrected chi connectivity index (χ3v) is 6.16. The molecule has 1 aliphatic carbocycles. The zero-order valence-corrected chi connectivity index (χ0v) is 18.6. The number of hydrogen-bond donors (Lipinski definition) is 3. The predicted octanol–water partition coefficient (Wildman–Crippen LogP) is 2.55. The van der Waals surface area contributed by atoms with Crippen LogP contribution in [0.5, 0.6) is 0 Å². The fourth-order valence-corrected chi connectivity index (χ4v) is 4.42. The van der Waals surface area contributed by atoms with Gasteiger partial charge in [-0.2, -0.15) is 4.98 Å². The monoisotopic (exact) mass is 442 g/mol. The van der Waals surface area contributed by atoms with E-state index in [1.165, 1.54) is 23.7 Å². The van der Waals surface area contributed by atoms with Crippen LogP contribution in [0.1, 0.15) is 54.6 Å². The maximum absolute atomic E-state index is 14.4. The quantitative estimate of drug-likeness (QED) is 0.572. The van der Waals surface area contributed by atoms with Crippen molar-refractivity contribution in [3.63, 3.8) is 0 Å². The number of carbonyl (C=O) groups excluding carboxylic acids is 1. The van der Waals surface area contributed by atoms with Crippen molar-refractivity contribution in [2.75, 3.05) is 12.4 Å². The molecule has 32 heavy (non-hydrogen) atoms. The highest BCUT2D eigenvalue weighted by atomic mass is 19.1. The summed E-state index contributed by atoms with van der Waals surface area (Å²) in [5.41, 5.74) is 0.989. The number of fused-ring (bicyclic) bond motifs is 1. The molecule has 9 nitrogen and oxygen atoms in total. The van der Waals surface area contributed by atoms with Gasteiger partial charge in [0, 0.05) is 25.8 Å². The lowest BCUT2D eigenvalue weighted by molar-refractivity contribution is 0.00388. The van der Waals surface area contributed by atoms with Crippen LogP contribution in [-0.2, 0) is 7.05 Å². The molecule has 0 radical (unpaired) electrons. The van der Waals surface area contributed by atoms with E-state index in [4.69, 9.17) is 0 Å². The number of aromatic nitrogens is 4. The van der Waals surface area contributed by atoms with Crippen LogP contribution < -0.4 is 16.3 Å². The molecule has 1 amide bonds. The topological polar surface area (TPSA) is 114 Å². The Bertz CT molecular complexity index is 1260. The summed E-state index contributed by atoms with van der Waals surface area (Å²) in [4.78, 5) is 33.6. The third kappa shape index (κ3) is 3.86. The highest BCUT2D eigenvalue weighted by molar-refractivity contribution is 5.95. The van der Waals surface area contributed by atoms with E-state index in [0.29, 0.717) is 35.3 Å². The molecule has 0 aliphatic heterocycles. The Hall–Kier alpha value is -3.27. The van der Waals surface area contributed by atoms with Crippen molar-refractivity contribution in [3.8, 4) is 0 Å². The number of rotatable bonds is 4. The van der Waals surface area contributed by atoms with E-state index in [1.54, 1.807) is 31.7 Å². The lowest BCUT2D eigenvalue weighted by atomic mass is 9.83. The van der Waals surface area contributed by atoms with E-state index in [0.717, 1.165) is 12.8 Å². The number of nitrogens with zero attached hydrogens (tertiary/aromatic N) is 4. The van der Waals surface area contributed by atoms with Crippen LogP contribution in [0, 0.1) is 12.7 Å². The lowest BCUT2D eigenvalue weighted by Gasteiger charge is -2.34. The zero-order valence-electron chi connectivity index (χ0n) is 18.6. The van der Waals surface area contributed by atoms with Crippen molar-refractivity contribution >= 4 is 28.7 Å². The summed E-state index contributed by atoms with van der Waals surface area (Å²) in [5, 5.41) is 15.9. The van der Waals surface area contributed by atoms with Crippen LogP contribution in [0.15, 0.2) is 23.1 Å². The second-order valence-electron chi connectivity index (χ2n) is 8.71. The van der Waals surface area contributed by atoms with Crippen molar-refractivity contribution < 1.29 is 14.3 Å². The molecule has 1 saturated carbocycles. The Morgan fingerprint density at radius 1 is 1.38 bits per heavy atom. The molecule has 0 bridgehead atoms. The lowest BCUT2D eigenvalue weighted by Crippen LogP contribution is -2.36. The molecule has 4 rings (SSSR count). The minimum absolute atomic E-state index is 0.0480. The summed E-state index contributed by atoms with van der Waals surface area (Å²) in [7, 11) is 3.10. The van der Waals surface area contributed by atoms with Gasteiger partial charge in [0.25, 0.3) is 5.91 Å². The fourth-order valence-electron chi connectivity index (χ4n) is 4.42.